The van der Waals surface area contributed by atoms with Gasteiger partial charge >= 0.3 is 0 Å². The molecule has 4 aromatic rings. The number of carbonyl (C=O) groups is 1. The van der Waals surface area contributed by atoms with Gasteiger partial charge in [-0.05, 0) is 50.2 Å². The minimum absolute atomic E-state index is 0.123. The maximum Gasteiger partial charge on any atom is 0.236 e. The summed E-state index contributed by atoms with van der Waals surface area (Å²) in [4.78, 5) is 17.0. The average molecular weight is 434 g/mol. The third-order valence-electron chi connectivity index (χ3n) is 4.67. The highest BCUT2D eigenvalue weighted by Crippen LogP contribution is 2.23. The van der Waals surface area contributed by atoms with Crippen molar-refractivity contribution in [3.05, 3.63) is 78.2 Å². The lowest BCUT2D eigenvalue weighted by atomic mass is 10.2. The first kappa shape index (κ1) is 20.7. The lowest BCUT2D eigenvalue weighted by Crippen LogP contribution is -2.17. The van der Waals surface area contributed by atoms with Crippen LogP contribution in [-0.2, 0) is 4.79 Å². The first-order chi connectivity index (χ1) is 15.0. The van der Waals surface area contributed by atoms with E-state index < -0.39 is 0 Å². The van der Waals surface area contributed by atoms with E-state index in [1.807, 2.05) is 79.2 Å². The van der Waals surface area contributed by atoms with Crippen LogP contribution in [0.2, 0.25) is 0 Å². The fourth-order valence-corrected chi connectivity index (χ4v) is 3.89. The quantitative estimate of drug-likeness (QED) is 0.437. The van der Waals surface area contributed by atoms with Gasteiger partial charge in [-0.15, -0.1) is 0 Å². The van der Waals surface area contributed by atoms with Gasteiger partial charge in [0.15, 0.2) is 5.16 Å². The van der Waals surface area contributed by atoms with Gasteiger partial charge in [0.2, 0.25) is 5.91 Å². The van der Waals surface area contributed by atoms with Crippen molar-refractivity contribution >= 4 is 23.5 Å². The van der Waals surface area contributed by atoms with Crippen molar-refractivity contribution in [2.45, 2.75) is 19.0 Å². The lowest BCUT2D eigenvalue weighted by Gasteiger charge is -2.10. The molecule has 0 bridgehead atoms. The molecule has 0 radical (unpaired) electrons. The van der Waals surface area contributed by atoms with E-state index in [0.717, 1.165) is 28.0 Å². The Balaban J connectivity index is 1.44. The van der Waals surface area contributed by atoms with Crippen LogP contribution < -0.4 is 10.1 Å². The van der Waals surface area contributed by atoms with E-state index in [0.29, 0.717) is 5.82 Å². The average Bonchev–Trinajstić information content (AvgIpc) is 3.39. The molecule has 0 aliphatic heterocycles. The van der Waals surface area contributed by atoms with Crippen LogP contribution >= 0.6 is 11.8 Å². The first-order valence-electron chi connectivity index (χ1n) is 9.77. The number of aromatic nitrogens is 4. The summed E-state index contributed by atoms with van der Waals surface area (Å²) in [5.41, 5.74) is 3.85. The molecule has 7 nitrogen and oxygen atoms in total. The highest BCUT2D eigenvalue weighted by Gasteiger charge is 2.13. The number of nitrogens with one attached hydrogen (secondary N) is 1. The van der Waals surface area contributed by atoms with E-state index in [9.17, 15) is 4.79 Å². The molecule has 2 heterocycles. The van der Waals surface area contributed by atoms with Crippen LogP contribution in [0.1, 0.15) is 11.3 Å². The molecule has 158 valence electrons. The summed E-state index contributed by atoms with van der Waals surface area (Å²) in [6.07, 6.45) is 3.60. The van der Waals surface area contributed by atoms with E-state index in [1.54, 1.807) is 18.0 Å². The van der Waals surface area contributed by atoms with Crippen molar-refractivity contribution in [1.29, 1.82) is 0 Å². The van der Waals surface area contributed by atoms with Crippen molar-refractivity contribution in [3.8, 4) is 17.1 Å². The van der Waals surface area contributed by atoms with Gasteiger partial charge in [-0.1, -0.05) is 29.5 Å². The monoisotopic (exact) mass is 433 g/mol. The molecule has 0 aliphatic carbocycles. The summed E-state index contributed by atoms with van der Waals surface area (Å²) in [6, 6.07) is 17.6. The first-order valence-corrected chi connectivity index (χ1v) is 10.8. The Morgan fingerprint density at radius 2 is 1.77 bits per heavy atom. The van der Waals surface area contributed by atoms with Gasteiger partial charge in [0.05, 0.1) is 24.2 Å². The Morgan fingerprint density at radius 1 is 1.06 bits per heavy atom. The summed E-state index contributed by atoms with van der Waals surface area (Å²) in [5.74, 6) is 1.54. The van der Waals surface area contributed by atoms with Gasteiger partial charge in [0.25, 0.3) is 0 Å². The predicted octanol–water partition coefficient (Wildman–Crippen LogP) is 4.41. The molecule has 0 spiro atoms. The second-order valence-electron chi connectivity index (χ2n) is 7.03. The number of methoxy groups -OCH3 is 1. The summed E-state index contributed by atoms with van der Waals surface area (Å²) in [6.45, 7) is 3.94. The molecule has 1 N–H and O–H groups in total. The minimum Gasteiger partial charge on any atom is -0.497 e. The molecule has 0 aliphatic rings. The van der Waals surface area contributed by atoms with Gasteiger partial charge in [-0.3, -0.25) is 9.36 Å². The van der Waals surface area contributed by atoms with Crippen LogP contribution in [0.15, 0.2) is 72.1 Å². The maximum atomic E-state index is 12.7. The minimum atomic E-state index is -0.123. The molecule has 4 rings (SSSR count). The Kier molecular flexibility index (Phi) is 6.08. The number of hydrogen-bond acceptors (Lipinski definition) is 5. The second-order valence-corrected chi connectivity index (χ2v) is 7.98. The number of carbonyl (C=O) groups excluding carboxylic acids is 1. The van der Waals surface area contributed by atoms with Crippen LogP contribution in [0.25, 0.3) is 11.4 Å². The van der Waals surface area contributed by atoms with Gasteiger partial charge in [-0.25, -0.2) is 9.67 Å². The Labute approximate surface area is 185 Å². The molecular formula is C23H23N5O2S. The van der Waals surface area contributed by atoms with Crippen molar-refractivity contribution < 1.29 is 9.53 Å². The number of imidazole rings is 1. The predicted molar refractivity (Wildman–Crippen MR) is 123 cm³/mol. The molecule has 8 heteroatoms. The number of ether oxygens (including phenoxy) is 1. The summed E-state index contributed by atoms with van der Waals surface area (Å²) in [7, 11) is 1.64. The Morgan fingerprint density at radius 3 is 2.48 bits per heavy atom. The SMILES string of the molecule is COc1ccc(-n2ccnc2SCC(=O)Nc2cc(C)nn2-c2ccc(C)cc2)cc1. The van der Waals surface area contributed by atoms with Crippen molar-refractivity contribution in [2.24, 2.45) is 0 Å². The molecule has 1 amide bonds. The van der Waals surface area contributed by atoms with Crippen molar-refractivity contribution in [1.82, 2.24) is 19.3 Å². The van der Waals surface area contributed by atoms with Gasteiger partial charge < -0.3 is 10.1 Å². The largest absolute Gasteiger partial charge is 0.497 e. The summed E-state index contributed by atoms with van der Waals surface area (Å²) in [5, 5.41) is 8.22. The standard InChI is InChI=1S/C23H23N5O2S/c1-16-4-6-19(7-5-16)28-21(14-17(2)26-28)25-22(29)15-31-23-24-12-13-27(23)18-8-10-20(30-3)11-9-18/h4-14H,15H2,1-3H3,(H,25,29). The Bertz CT molecular complexity index is 1180. The van der Waals surface area contributed by atoms with Crippen LogP contribution in [-0.4, -0.2) is 38.1 Å². The fourth-order valence-electron chi connectivity index (χ4n) is 3.12. The van der Waals surface area contributed by atoms with E-state index in [2.05, 4.69) is 15.4 Å². The normalized spacial score (nSPS) is 10.8. The number of hydrogen-bond donors (Lipinski definition) is 1. The zero-order chi connectivity index (χ0) is 21.8. The Hall–Kier alpha value is -3.52. The second kappa shape index (κ2) is 9.09. The molecule has 2 aromatic heterocycles. The fraction of sp³-hybridized carbons (Fsp3) is 0.174. The number of amides is 1. The number of nitrogens with zero attached hydrogens (tertiary/aromatic N) is 4. The van der Waals surface area contributed by atoms with Crippen molar-refractivity contribution in [3.63, 3.8) is 0 Å². The zero-order valence-corrected chi connectivity index (χ0v) is 18.4. The van der Waals surface area contributed by atoms with Crippen LogP contribution in [0, 0.1) is 13.8 Å². The molecule has 0 saturated heterocycles. The van der Waals surface area contributed by atoms with E-state index in [-0.39, 0.29) is 11.7 Å². The topological polar surface area (TPSA) is 74.0 Å². The van der Waals surface area contributed by atoms with Gasteiger partial charge in [-0.2, -0.15) is 5.10 Å². The van der Waals surface area contributed by atoms with Crippen LogP contribution in [0.5, 0.6) is 5.75 Å². The third-order valence-corrected chi connectivity index (χ3v) is 5.63. The number of anilines is 1. The smallest absolute Gasteiger partial charge is 0.236 e. The number of aryl methyl sites for hydroxylation is 2. The molecular weight excluding hydrogens is 410 g/mol. The van der Waals surface area contributed by atoms with Crippen molar-refractivity contribution in [2.75, 3.05) is 18.2 Å². The summed E-state index contributed by atoms with van der Waals surface area (Å²) < 4.78 is 8.90. The van der Waals surface area contributed by atoms with Crippen LogP contribution in [0.3, 0.4) is 0 Å². The lowest BCUT2D eigenvalue weighted by molar-refractivity contribution is -0.113. The molecule has 0 fully saturated rings. The van der Waals surface area contributed by atoms with Gasteiger partial charge in [0.1, 0.15) is 11.6 Å². The molecule has 0 atom stereocenters. The van der Waals surface area contributed by atoms with Crippen LogP contribution in [0.4, 0.5) is 5.82 Å². The van der Waals surface area contributed by atoms with E-state index in [4.69, 9.17) is 4.74 Å². The number of benzene rings is 2. The highest BCUT2D eigenvalue weighted by atomic mass is 32.2. The summed E-state index contributed by atoms with van der Waals surface area (Å²) >= 11 is 1.38. The number of rotatable bonds is 7. The maximum absolute atomic E-state index is 12.7. The zero-order valence-electron chi connectivity index (χ0n) is 17.6. The molecule has 0 unspecified atom stereocenters. The number of thioether (sulfide) groups is 1. The van der Waals surface area contributed by atoms with E-state index in [1.165, 1.54) is 17.3 Å². The highest BCUT2D eigenvalue weighted by molar-refractivity contribution is 7.99. The van der Waals surface area contributed by atoms with Gasteiger partial charge in [0, 0.05) is 24.1 Å². The third kappa shape index (κ3) is 4.80. The molecule has 31 heavy (non-hydrogen) atoms. The molecule has 2 aromatic carbocycles. The molecule has 0 saturated carbocycles. The van der Waals surface area contributed by atoms with E-state index >= 15 is 0 Å².